The standard InChI is InChI=1S/C19H20FN3O3/c1-11-6-16(18(25)21-12(11)2)19(26)22-15-8-17(24)23(10-15)9-13-4-3-5-14(20)7-13/h3-7,15H,8-10H2,1-2H3,(H,21,25)(H,22,26). The van der Waals surface area contributed by atoms with Crippen molar-refractivity contribution in [1.82, 2.24) is 15.2 Å². The summed E-state index contributed by atoms with van der Waals surface area (Å²) in [6.07, 6.45) is 0.157. The van der Waals surface area contributed by atoms with Crippen LogP contribution in [0.15, 0.2) is 35.1 Å². The Bertz CT molecular complexity index is 922. The van der Waals surface area contributed by atoms with E-state index < -0.39 is 11.5 Å². The number of benzene rings is 1. The topological polar surface area (TPSA) is 82.3 Å². The first-order valence-corrected chi connectivity index (χ1v) is 8.37. The lowest BCUT2D eigenvalue weighted by Gasteiger charge is -2.17. The number of hydrogen-bond acceptors (Lipinski definition) is 3. The van der Waals surface area contributed by atoms with Crippen molar-refractivity contribution in [2.24, 2.45) is 0 Å². The molecule has 0 saturated carbocycles. The molecular weight excluding hydrogens is 337 g/mol. The molecule has 3 rings (SSSR count). The van der Waals surface area contributed by atoms with Crippen molar-refractivity contribution >= 4 is 11.8 Å². The number of aromatic nitrogens is 1. The number of nitrogens with one attached hydrogen (secondary N) is 2. The largest absolute Gasteiger partial charge is 0.347 e. The fraction of sp³-hybridized carbons (Fsp3) is 0.316. The van der Waals surface area contributed by atoms with E-state index in [9.17, 15) is 18.8 Å². The molecule has 0 bridgehead atoms. The Labute approximate surface area is 150 Å². The van der Waals surface area contributed by atoms with Gasteiger partial charge in [-0.2, -0.15) is 0 Å². The highest BCUT2D eigenvalue weighted by Crippen LogP contribution is 2.16. The lowest BCUT2D eigenvalue weighted by atomic mass is 10.1. The van der Waals surface area contributed by atoms with Gasteiger partial charge in [0.1, 0.15) is 11.4 Å². The summed E-state index contributed by atoms with van der Waals surface area (Å²) in [7, 11) is 0. The molecule has 1 aliphatic heterocycles. The summed E-state index contributed by atoms with van der Waals surface area (Å²) in [6.45, 7) is 4.18. The molecule has 1 aromatic heterocycles. The number of H-pyrrole nitrogens is 1. The molecule has 136 valence electrons. The van der Waals surface area contributed by atoms with E-state index in [1.165, 1.54) is 12.1 Å². The van der Waals surface area contributed by atoms with Gasteiger partial charge in [-0.3, -0.25) is 14.4 Å². The van der Waals surface area contributed by atoms with Gasteiger partial charge < -0.3 is 15.2 Å². The highest BCUT2D eigenvalue weighted by atomic mass is 19.1. The second kappa shape index (κ2) is 7.11. The van der Waals surface area contributed by atoms with E-state index in [0.29, 0.717) is 17.8 Å². The molecule has 1 atom stereocenters. The van der Waals surface area contributed by atoms with Crippen LogP contribution in [0.5, 0.6) is 0 Å². The van der Waals surface area contributed by atoms with Gasteiger partial charge in [-0.05, 0) is 43.2 Å². The third-order valence-electron chi connectivity index (χ3n) is 4.55. The average molecular weight is 357 g/mol. The van der Waals surface area contributed by atoms with Gasteiger partial charge in [-0.25, -0.2) is 4.39 Å². The average Bonchev–Trinajstić information content (AvgIpc) is 2.90. The minimum Gasteiger partial charge on any atom is -0.347 e. The summed E-state index contributed by atoms with van der Waals surface area (Å²) in [4.78, 5) is 40.8. The number of aromatic amines is 1. The summed E-state index contributed by atoms with van der Waals surface area (Å²) in [5.74, 6) is -0.971. The van der Waals surface area contributed by atoms with E-state index in [2.05, 4.69) is 10.3 Å². The maximum Gasteiger partial charge on any atom is 0.261 e. The van der Waals surface area contributed by atoms with Crippen LogP contribution in [0.4, 0.5) is 4.39 Å². The van der Waals surface area contributed by atoms with Gasteiger partial charge in [0, 0.05) is 25.2 Å². The molecule has 1 fully saturated rings. The second-order valence-corrected chi connectivity index (χ2v) is 6.60. The number of hydrogen-bond donors (Lipinski definition) is 2. The van der Waals surface area contributed by atoms with Crippen molar-refractivity contribution in [2.75, 3.05) is 6.54 Å². The Morgan fingerprint density at radius 1 is 1.31 bits per heavy atom. The van der Waals surface area contributed by atoms with E-state index in [-0.39, 0.29) is 36.3 Å². The molecule has 2 heterocycles. The predicted octanol–water partition coefficient (Wildman–Crippen LogP) is 1.66. The fourth-order valence-electron chi connectivity index (χ4n) is 3.04. The van der Waals surface area contributed by atoms with Gasteiger partial charge in [0.2, 0.25) is 5.91 Å². The molecule has 1 unspecified atom stereocenters. The van der Waals surface area contributed by atoms with Crippen LogP contribution in [0.1, 0.15) is 33.6 Å². The van der Waals surface area contributed by atoms with Crippen molar-refractivity contribution in [3.8, 4) is 0 Å². The first kappa shape index (κ1) is 17.8. The summed E-state index contributed by atoms with van der Waals surface area (Å²) in [5, 5.41) is 2.74. The molecule has 1 aliphatic rings. The molecule has 0 aliphatic carbocycles. The maximum absolute atomic E-state index is 13.3. The van der Waals surface area contributed by atoms with E-state index >= 15 is 0 Å². The normalized spacial score (nSPS) is 16.8. The fourth-order valence-corrected chi connectivity index (χ4v) is 3.04. The monoisotopic (exact) mass is 357 g/mol. The molecular formula is C19H20FN3O3. The number of nitrogens with zero attached hydrogens (tertiary/aromatic N) is 1. The zero-order chi connectivity index (χ0) is 18.8. The molecule has 26 heavy (non-hydrogen) atoms. The lowest BCUT2D eigenvalue weighted by Crippen LogP contribution is -2.39. The number of carbonyl (C=O) groups is 2. The smallest absolute Gasteiger partial charge is 0.261 e. The Hall–Kier alpha value is -2.96. The molecule has 0 spiro atoms. The van der Waals surface area contributed by atoms with Crippen molar-refractivity contribution in [1.29, 1.82) is 0 Å². The van der Waals surface area contributed by atoms with E-state index in [0.717, 1.165) is 5.56 Å². The SMILES string of the molecule is Cc1cc(C(=O)NC2CC(=O)N(Cc3cccc(F)c3)C2)c(=O)[nH]c1C. The van der Waals surface area contributed by atoms with Crippen LogP contribution in [0.3, 0.4) is 0 Å². The highest BCUT2D eigenvalue weighted by Gasteiger charge is 2.31. The third-order valence-corrected chi connectivity index (χ3v) is 4.55. The first-order chi connectivity index (χ1) is 12.3. The van der Waals surface area contributed by atoms with Gasteiger partial charge in [-0.15, -0.1) is 0 Å². The summed E-state index contributed by atoms with van der Waals surface area (Å²) in [5.41, 5.74) is 1.79. The number of amides is 2. The van der Waals surface area contributed by atoms with Crippen molar-refractivity contribution < 1.29 is 14.0 Å². The van der Waals surface area contributed by atoms with Gasteiger partial charge >= 0.3 is 0 Å². The van der Waals surface area contributed by atoms with Crippen LogP contribution in [-0.4, -0.2) is 34.3 Å². The Balaban J connectivity index is 1.66. The van der Waals surface area contributed by atoms with Gasteiger partial charge in [0.05, 0.1) is 6.04 Å². The van der Waals surface area contributed by atoms with E-state index in [1.807, 2.05) is 6.92 Å². The van der Waals surface area contributed by atoms with Gasteiger partial charge in [-0.1, -0.05) is 12.1 Å². The zero-order valence-corrected chi connectivity index (χ0v) is 14.6. The van der Waals surface area contributed by atoms with Crippen molar-refractivity contribution in [3.05, 3.63) is 68.9 Å². The number of halogens is 1. The summed E-state index contributed by atoms with van der Waals surface area (Å²) in [6, 6.07) is 7.23. The molecule has 2 aromatic rings. The zero-order valence-electron chi connectivity index (χ0n) is 14.6. The first-order valence-electron chi connectivity index (χ1n) is 8.37. The van der Waals surface area contributed by atoms with Crippen molar-refractivity contribution in [3.63, 3.8) is 0 Å². The van der Waals surface area contributed by atoms with Crippen LogP contribution in [-0.2, 0) is 11.3 Å². The predicted molar refractivity (Wildman–Crippen MR) is 94.2 cm³/mol. The summed E-state index contributed by atoms with van der Waals surface area (Å²) < 4.78 is 13.3. The molecule has 6 nitrogen and oxygen atoms in total. The third kappa shape index (κ3) is 3.82. The number of carbonyl (C=O) groups excluding carboxylic acids is 2. The molecule has 1 saturated heterocycles. The highest BCUT2D eigenvalue weighted by molar-refractivity contribution is 5.95. The van der Waals surface area contributed by atoms with Crippen LogP contribution < -0.4 is 10.9 Å². The summed E-state index contributed by atoms with van der Waals surface area (Å²) >= 11 is 0. The Morgan fingerprint density at radius 3 is 2.81 bits per heavy atom. The second-order valence-electron chi connectivity index (χ2n) is 6.60. The lowest BCUT2D eigenvalue weighted by molar-refractivity contribution is -0.128. The van der Waals surface area contributed by atoms with Gasteiger partial charge in [0.25, 0.3) is 11.5 Å². The maximum atomic E-state index is 13.3. The van der Waals surface area contributed by atoms with Crippen LogP contribution in [0.2, 0.25) is 0 Å². The number of likely N-dealkylation sites (tertiary alicyclic amines) is 1. The molecule has 1 aromatic carbocycles. The van der Waals surface area contributed by atoms with Gasteiger partial charge in [0.15, 0.2) is 0 Å². The molecule has 2 N–H and O–H groups in total. The van der Waals surface area contributed by atoms with E-state index in [4.69, 9.17) is 0 Å². The molecule has 0 radical (unpaired) electrons. The van der Waals surface area contributed by atoms with E-state index in [1.54, 1.807) is 30.0 Å². The number of pyridine rings is 1. The Kier molecular flexibility index (Phi) is 4.88. The number of rotatable bonds is 4. The minimum absolute atomic E-state index is 0.0316. The quantitative estimate of drug-likeness (QED) is 0.873. The molecule has 2 amide bonds. The number of aryl methyl sites for hydroxylation is 2. The van der Waals surface area contributed by atoms with Crippen LogP contribution in [0, 0.1) is 19.7 Å². The van der Waals surface area contributed by atoms with Crippen LogP contribution >= 0.6 is 0 Å². The van der Waals surface area contributed by atoms with Crippen LogP contribution in [0.25, 0.3) is 0 Å². The minimum atomic E-state index is -0.500. The Morgan fingerprint density at radius 2 is 2.08 bits per heavy atom. The van der Waals surface area contributed by atoms with Crippen molar-refractivity contribution in [2.45, 2.75) is 32.9 Å². The molecule has 7 heteroatoms.